The number of phenolic OH excluding ortho intramolecular Hbond substituents is 1. The third-order valence-corrected chi connectivity index (χ3v) is 6.78. The molecule has 16 heteroatoms. The molecule has 0 saturated carbocycles. The third kappa shape index (κ3) is 7.31. The lowest BCUT2D eigenvalue weighted by molar-refractivity contribution is -0.343. The van der Waals surface area contributed by atoms with E-state index in [1.54, 1.807) is 0 Å². The van der Waals surface area contributed by atoms with Crippen LogP contribution in [0.2, 0.25) is 0 Å². The number of phenols is 1. The Labute approximate surface area is 233 Å². The van der Waals surface area contributed by atoms with Crippen molar-refractivity contribution in [2.45, 2.75) is 73.8 Å². The van der Waals surface area contributed by atoms with Gasteiger partial charge < -0.3 is 74.0 Å². The summed E-state index contributed by atoms with van der Waals surface area (Å²) in [5.74, 6) is -0.657. The van der Waals surface area contributed by atoms with Crippen LogP contribution in [0.25, 0.3) is 6.08 Å². The number of aromatic hydroxyl groups is 1. The van der Waals surface area contributed by atoms with E-state index in [1.165, 1.54) is 31.4 Å². The second kappa shape index (κ2) is 13.7. The highest BCUT2D eigenvalue weighted by atomic mass is 16.7. The molecule has 1 aromatic rings. The van der Waals surface area contributed by atoms with Crippen LogP contribution >= 0.6 is 0 Å². The smallest absolute Gasteiger partial charge is 0.330 e. The zero-order valence-electron chi connectivity index (χ0n) is 21.8. The van der Waals surface area contributed by atoms with E-state index in [2.05, 4.69) is 0 Å². The maximum absolute atomic E-state index is 12.1. The molecule has 41 heavy (non-hydrogen) atoms. The Bertz CT molecular complexity index is 1050. The summed E-state index contributed by atoms with van der Waals surface area (Å²) in [6, 6.07) is 4.42. The summed E-state index contributed by atoms with van der Waals surface area (Å²) < 4.78 is 36.7. The van der Waals surface area contributed by atoms with Crippen molar-refractivity contribution in [3.05, 3.63) is 29.8 Å². The molecule has 12 atom stereocenters. The number of hydrogen-bond donors (Lipinski definition) is 8. The number of carbonyl (C=O) groups is 1. The number of aliphatic hydroxyl groups excluding tert-OH is 7. The predicted octanol–water partition coefficient (Wildman–Crippen LogP) is -3.68. The van der Waals surface area contributed by atoms with Crippen LogP contribution in [0.1, 0.15) is 5.56 Å². The van der Waals surface area contributed by atoms with Gasteiger partial charge in [-0.15, -0.1) is 0 Å². The van der Waals surface area contributed by atoms with Crippen molar-refractivity contribution in [2.75, 3.05) is 26.9 Å². The van der Waals surface area contributed by atoms with Crippen molar-refractivity contribution < 1.29 is 78.8 Å². The molecule has 1 unspecified atom stereocenters. The first-order valence-corrected chi connectivity index (χ1v) is 12.7. The summed E-state index contributed by atoms with van der Waals surface area (Å²) in [5, 5.41) is 81.1. The minimum absolute atomic E-state index is 0.0714. The van der Waals surface area contributed by atoms with Gasteiger partial charge in [0.05, 0.1) is 20.3 Å². The van der Waals surface area contributed by atoms with Gasteiger partial charge in [-0.05, 0) is 23.8 Å². The molecular formula is C25H34O16. The first-order chi connectivity index (χ1) is 19.5. The molecular weight excluding hydrogens is 556 g/mol. The van der Waals surface area contributed by atoms with Crippen LogP contribution in [-0.4, -0.2) is 148 Å². The SMILES string of the molecule is COc1cc(/C=C/C(=O)OC[C@@H]2OC(O)[C@H](O[C@@H]3OC[C@@H](O)[C@H](O[C@@H]4OC[C@@H](O)[C@H](O)[C@H]4O)[C@H]3O)[C@H]2O)ccc1O. The van der Waals surface area contributed by atoms with Gasteiger partial charge in [0.15, 0.2) is 30.4 Å². The van der Waals surface area contributed by atoms with Crippen molar-refractivity contribution in [3.8, 4) is 11.5 Å². The molecule has 3 aliphatic heterocycles. The number of aliphatic hydroxyl groups is 7. The fourth-order valence-electron chi connectivity index (χ4n) is 4.45. The second-order valence-electron chi connectivity index (χ2n) is 9.66. The molecule has 0 amide bonds. The summed E-state index contributed by atoms with van der Waals surface area (Å²) in [6.45, 7) is -1.26. The Morgan fingerprint density at radius 2 is 1.56 bits per heavy atom. The molecule has 3 aliphatic rings. The normalized spacial score (nSPS) is 39.6. The molecule has 0 spiro atoms. The average Bonchev–Trinajstić information content (AvgIpc) is 3.22. The summed E-state index contributed by atoms with van der Waals surface area (Å²) in [6.07, 6.45) is -15.7. The van der Waals surface area contributed by atoms with Crippen molar-refractivity contribution in [3.63, 3.8) is 0 Å². The molecule has 16 nitrogen and oxygen atoms in total. The second-order valence-corrected chi connectivity index (χ2v) is 9.66. The molecule has 8 N–H and O–H groups in total. The first-order valence-electron chi connectivity index (χ1n) is 12.7. The zero-order valence-corrected chi connectivity index (χ0v) is 21.8. The molecule has 3 fully saturated rings. The summed E-state index contributed by atoms with van der Waals surface area (Å²) in [5.41, 5.74) is 0.536. The van der Waals surface area contributed by atoms with Gasteiger partial charge in [-0.2, -0.15) is 0 Å². The Hall–Kier alpha value is -2.45. The monoisotopic (exact) mass is 590 g/mol. The van der Waals surface area contributed by atoms with Gasteiger partial charge in [-0.25, -0.2) is 4.79 Å². The number of methoxy groups -OCH3 is 1. The molecule has 0 bridgehead atoms. The van der Waals surface area contributed by atoms with E-state index in [4.69, 9.17) is 33.2 Å². The van der Waals surface area contributed by atoms with E-state index in [9.17, 15) is 45.6 Å². The van der Waals surface area contributed by atoms with Gasteiger partial charge in [0, 0.05) is 6.08 Å². The lowest BCUT2D eigenvalue weighted by Gasteiger charge is -2.42. The Balaban J connectivity index is 1.29. The lowest BCUT2D eigenvalue weighted by atomic mass is 10.0. The van der Waals surface area contributed by atoms with Crippen LogP contribution in [0, 0.1) is 0 Å². The maximum Gasteiger partial charge on any atom is 0.330 e. The van der Waals surface area contributed by atoms with Gasteiger partial charge in [0.2, 0.25) is 0 Å². The van der Waals surface area contributed by atoms with Gasteiger partial charge >= 0.3 is 5.97 Å². The van der Waals surface area contributed by atoms with Crippen molar-refractivity contribution in [1.29, 1.82) is 0 Å². The number of esters is 1. The minimum atomic E-state index is -1.72. The lowest BCUT2D eigenvalue weighted by Crippen LogP contribution is -2.61. The Morgan fingerprint density at radius 1 is 0.902 bits per heavy atom. The van der Waals surface area contributed by atoms with Crippen LogP contribution in [-0.2, 0) is 33.2 Å². The van der Waals surface area contributed by atoms with Gasteiger partial charge in [-0.3, -0.25) is 0 Å². The number of benzene rings is 1. The van der Waals surface area contributed by atoms with E-state index in [0.717, 1.165) is 6.08 Å². The fraction of sp³-hybridized carbons (Fsp3) is 0.640. The standard InChI is InChI=1S/C25H34O16/c1-35-14-6-10(2-4-11(14)26)3-5-16(29)36-9-15-18(31)22(23(34)39-15)41-25-20(33)21(13(28)8-38-25)40-24-19(32)17(30)12(27)7-37-24/h2-6,12-13,15,17-28,30-34H,7-9H2,1H3/b5-3+/t12-,13-,15+,17+,18+,19-,20-,21+,22-,23?,24+,25+/m1/s1. The van der Waals surface area contributed by atoms with Crippen LogP contribution in [0.15, 0.2) is 24.3 Å². The van der Waals surface area contributed by atoms with Crippen LogP contribution in [0.3, 0.4) is 0 Å². The molecule has 3 saturated heterocycles. The first kappa shape index (κ1) is 31.5. The maximum atomic E-state index is 12.1. The average molecular weight is 591 g/mol. The molecule has 3 heterocycles. The molecule has 0 radical (unpaired) electrons. The van der Waals surface area contributed by atoms with Crippen LogP contribution in [0.5, 0.6) is 11.5 Å². The van der Waals surface area contributed by atoms with E-state index >= 15 is 0 Å². The van der Waals surface area contributed by atoms with Crippen LogP contribution < -0.4 is 4.74 Å². The number of ether oxygens (including phenoxy) is 7. The Kier molecular flexibility index (Phi) is 10.5. The van der Waals surface area contributed by atoms with Crippen molar-refractivity contribution in [2.24, 2.45) is 0 Å². The fourth-order valence-corrected chi connectivity index (χ4v) is 4.45. The molecule has 4 rings (SSSR count). The van der Waals surface area contributed by atoms with Gasteiger partial charge in [0.25, 0.3) is 0 Å². The number of hydrogen-bond acceptors (Lipinski definition) is 16. The van der Waals surface area contributed by atoms with E-state index in [-0.39, 0.29) is 18.1 Å². The largest absolute Gasteiger partial charge is 0.504 e. The van der Waals surface area contributed by atoms with E-state index < -0.39 is 93.0 Å². The quantitative estimate of drug-likeness (QED) is 0.102. The Morgan fingerprint density at radius 3 is 2.27 bits per heavy atom. The molecule has 230 valence electrons. The highest BCUT2D eigenvalue weighted by Gasteiger charge is 2.50. The van der Waals surface area contributed by atoms with Crippen LogP contribution in [0.4, 0.5) is 0 Å². The predicted molar refractivity (Wildman–Crippen MR) is 131 cm³/mol. The summed E-state index contributed by atoms with van der Waals surface area (Å²) in [7, 11) is 1.38. The van der Waals surface area contributed by atoms with E-state index in [1.807, 2.05) is 0 Å². The molecule has 1 aromatic carbocycles. The summed E-state index contributed by atoms with van der Waals surface area (Å²) >= 11 is 0. The highest BCUT2D eigenvalue weighted by Crippen LogP contribution is 2.30. The van der Waals surface area contributed by atoms with Gasteiger partial charge in [0.1, 0.15) is 61.5 Å². The van der Waals surface area contributed by atoms with Crippen molar-refractivity contribution in [1.82, 2.24) is 0 Å². The molecule has 0 aromatic heterocycles. The highest BCUT2D eigenvalue weighted by molar-refractivity contribution is 5.87. The number of rotatable bonds is 9. The minimum Gasteiger partial charge on any atom is -0.504 e. The third-order valence-electron chi connectivity index (χ3n) is 6.78. The van der Waals surface area contributed by atoms with E-state index in [0.29, 0.717) is 5.56 Å². The zero-order chi connectivity index (χ0) is 29.8. The topological polar surface area (TPSA) is 244 Å². The van der Waals surface area contributed by atoms with Gasteiger partial charge in [-0.1, -0.05) is 6.07 Å². The molecule has 0 aliphatic carbocycles. The summed E-state index contributed by atoms with van der Waals surface area (Å²) in [4.78, 5) is 12.1. The van der Waals surface area contributed by atoms with Crippen molar-refractivity contribution >= 4 is 12.0 Å². The number of carbonyl (C=O) groups excluding carboxylic acids is 1.